The summed E-state index contributed by atoms with van der Waals surface area (Å²) in [6.07, 6.45) is 50.6. The lowest BCUT2D eigenvalue weighted by atomic mass is 10.0. The summed E-state index contributed by atoms with van der Waals surface area (Å²) in [4.78, 5) is 23.4. The number of hydrogen-bond acceptors (Lipinski definition) is 3. The maximum absolute atomic E-state index is 12.7. The zero-order valence-electron chi connectivity index (χ0n) is 32.3. The molecule has 0 rings (SSSR count). The fraction of sp³-hybridized carbons (Fsp3) is 0.864. The van der Waals surface area contributed by atoms with Gasteiger partial charge in [0.15, 0.2) is 0 Å². The second kappa shape index (κ2) is 39.9. The molecule has 0 aromatic carbocycles. The molecule has 1 atom stereocenters. The Morgan fingerprint density at radius 2 is 0.771 bits per heavy atom. The molecule has 0 fully saturated rings. The summed E-state index contributed by atoms with van der Waals surface area (Å²) in [6.45, 7) is 4.54. The molecule has 0 saturated heterocycles. The maximum Gasteiger partial charge on any atom is 0.306 e. The first-order valence-electron chi connectivity index (χ1n) is 21.3. The summed E-state index contributed by atoms with van der Waals surface area (Å²) in [5.41, 5.74) is 0. The van der Waals surface area contributed by atoms with Crippen LogP contribution in [0, 0.1) is 0 Å². The molecule has 0 radical (unpaired) electrons. The van der Waals surface area contributed by atoms with Crippen LogP contribution in [0.1, 0.15) is 239 Å². The number of esters is 1. The number of allylic oxidation sites excluding steroid dienone is 4. The van der Waals surface area contributed by atoms with Crippen LogP contribution >= 0.6 is 0 Å². The summed E-state index contributed by atoms with van der Waals surface area (Å²) < 4.78 is 5.99. The SMILES string of the molecule is CCCCCCCC/C=C\CCCCCCCCCCCC(=O)OC(CCC/C=C\CCCCCCCC)CCCCCCCC(=O)O. The highest BCUT2D eigenvalue weighted by molar-refractivity contribution is 5.69. The first-order valence-corrected chi connectivity index (χ1v) is 21.3. The molecule has 0 amide bonds. The molecule has 0 bridgehead atoms. The van der Waals surface area contributed by atoms with Crippen molar-refractivity contribution in [2.75, 3.05) is 0 Å². The van der Waals surface area contributed by atoms with Crippen molar-refractivity contribution in [2.45, 2.75) is 245 Å². The average Bonchev–Trinajstić information content (AvgIpc) is 3.07. The van der Waals surface area contributed by atoms with Gasteiger partial charge in [0.25, 0.3) is 0 Å². The van der Waals surface area contributed by atoms with Crippen LogP contribution in [0.25, 0.3) is 0 Å². The van der Waals surface area contributed by atoms with E-state index in [0.29, 0.717) is 6.42 Å². The van der Waals surface area contributed by atoms with Gasteiger partial charge in [0.05, 0.1) is 0 Å². The average molecular weight is 675 g/mol. The van der Waals surface area contributed by atoms with Crippen molar-refractivity contribution in [2.24, 2.45) is 0 Å². The van der Waals surface area contributed by atoms with E-state index in [9.17, 15) is 9.59 Å². The summed E-state index contributed by atoms with van der Waals surface area (Å²) in [5, 5.41) is 8.82. The zero-order valence-corrected chi connectivity index (χ0v) is 32.3. The fourth-order valence-electron chi connectivity index (χ4n) is 6.47. The third kappa shape index (κ3) is 38.9. The molecule has 48 heavy (non-hydrogen) atoms. The van der Waals surface area contributed by atoms with Crippen molar-refractivity contribution in [1.82, 2.24) is 0 Å². The van der Waals surface area contributed by atoms with Crippen LogP contribution in [0.15, 0.2) is 24.3 Å². The molecule has 1 unspecified atom stereocenters. The summed E-state index contributed by atoms with van der Waals surface area (Å²) in [5.74, 6) is -0.716. The van der Waals surface area contributed by atoms with Crippen LogP contribution in [-0.4, -0.2) is 23.1 Å². The first kappa shape index (κ1) is 46.4. The second-order valence-corrected chi connectivity index (χ2v) is 14.5. The number of carbonyl (C=O) groups excluding carboxylic acids is 1. The van der Waals surface area contributed by atoms with E-state index in [4.69, 9.17) is 9.84 Å². The minimum atomic E-state index is -0.703. The molecular formula is C44H82O4. The van der Waals surface area contributed by atoms with Gasteiger partial charge in [-0.25, -0.2) is 0 Å². The van der Waals surface area contributed by atoms with Crippen molar-refractivity contribution >= 4 is 11.9 Å². The van der Waals surface area contributed by atoms with Crippen LogP contribution in [0.4, 0.5) is 0 Å². The van der Waals surface area contributed by atoms with Gasteiger partial charge in [0.2, 0.25) is 0 Å². The molecule has 0 aromatic heterocycles. The molecule has 1 N–H and O–H groups in total. The van der Waals surface area contributed by atoms with Gasteiger partial charge in [-0.2, -0.15) is 0 Å². The van der Waals surface area contributed by atoms with Crippen molar-refractivity contribution in [1.29, 1.82) is 0 Å². The van der Waals surface area contributed by atoms with Crippen molar-refractivity contribution < 1.29 is 19.4 Å². The van der Waals surface area contributed by atoms with Crippen LogP contribution in [0.2, 0.25) is 0 Å². The van der Waals surface area contributed by atoms with Gasteiger partial charge >= 0.3 is 11.9 Å². The predicted molar refractivity (Wildman–Crippen MR) is 209 cm³/mol. The largest absolute Gasteiger partial charge is 0.481 e. The number of rotatable bonds is 39. The van der Waals surface area contributed by atoms with E-state index < -0.39 is 5.97 Å². The lowest BCUT2D eigenvalue weighted by Gasteiger charge is -2.18. The molecule has 282 valence electrons. The third-order valence-corrected chi connectivity index (χ3v) is 9.65. The van der Waals surface area contributed by atoms with E-state index in [0.717, 1.165) is 70.6 Å². The van der Waals surface area contributed by atoms with Crippen molar-refractivity contribution in [3.8, 4) is 0 Å². The van der Waals surface area contributed by atoms with E-state index in [-0.39, 0.29) is 18.5 Å². The quantitative estimate of drug-likeness (QED) is 0.0400. The molecular weight excluding hydrogens is 592 g/mol. The van der Waals surface area contributed by atoms with Gasteiger partial charge in [-0.1, -0.05) is 167 Å². The zero-order chi connectivity index (χ0) is 35.0. The first-order chi connectivity index (χ1) is 23.6. The summed E-state index contributed by atoms with van der Waals surface area (Å²) in [7, 11) is 0. The molecule has 0 aromatic rings. The van der Waals surface area contributed by atoms with Crippen LogP contribution < -0.4 is 0 Å². The third-order valence-electron chi connectivity index (χ3n) is 9.65. The Kier molecular flexibility index (Phi) is 38.5. The summed E-state index contributed by atoms with van der Waals surface area (Å²) in [6, 6.07) is 0. The molecule has 4 nitrogen and oxygen atoms in total. The number of aliphatic carboxylic acids is 1. The Labute approximate surface area is 299 Å². The number of unbranched alkanes of at least 4 members (excludes halogenated alkanes) is 26. The minimum absolute atomic E-state index is 0.0129. The van der Waals surface area contributed by atoms with E-state index in [2.05, 4.69) is 38.2 Å². The highest BCUT2D eigenvalue weighted by Gasteiger charge is 2.14. The Morgan fingerprint density at radius 3 is 1.21 bits per heavy atom. The molecule has 4 heteroatoms. The Balaban J connectivity index is 3.96. The predicted octanol–water partition coefficient (Wildman–Crippen LogP) is 14.8. The standard InChI is InChI=1S/C44H82O4/c1-3-5-7-9-11-13-15-16-17-18-19-20-21-22-24-26-28-33-37-41-44(47)48-42(39-35-31-29-32-36-40-43(45)46)38-34-30-27-25-23-14-12-10-8-6-4-2/h16-17,25,27,42H,3-15,18-24,26,28-41H2,1-2H3,(H,45,46)/b17-16-,27-25-. The Morgan fingerprint density at radius 1 is 0.438 bits per heavy atom. The number of carbonyl (C=O) groups is 2. The molecule has 0 heterocycles. The van der Waals surface area contributed by atoms with Gasteiger partial charge in [-0.05, 0) is 83.5 Å². The molecule has 0 saturated carbocycles. The van der Waals surface area contributed by atoms with E-state index in [1.54, 1.807) is 0 Å². The van der Waals surface area contributed by atoms with Crippen molar-refractivity contribution in [3.63, 3.8) is 0 Å². The van der Waals surface area contributed by atoms with E-state index in [1.807, 2.05) is 0 Å². The van der Waals surface area contributed by atoms with E-state index in [1.165, 1.54) is 141 Å². The number of carboxylic acid groups (broad SMARTS) is 1. The lowest BCUT2D eigenvalue weighted by molar-refractivity contribution is -0.150. The molecule has 0 aliphatic carbocycles. The lowest BCUT2D eigenvalue weighted by Crippen LogP contribution is -2.18. The Hall–Kier alpha value is -1.58. The van der Waals surface area contributed by atoms with Crippen LogP contribution in [0.3, 0.4) is 0 Å². The smallest absolute Gasteiger partial charge is 0.306 e. The van der Waals surface area contributed by atoms with Gasteiger partial charge < -0.3 is 9.84 Å². The fourth-order valence-corrected chi connectivity index (χ4v) is 6.47. The highest BCUT2D eigenvalue weighted by atomic mass is 16.5. The van der Waals surface area contributed by atoms with Gasteiger partial charge in [-0.3, -0.25) is 9.59 Å². The molecule has 0 spiro atoms. The maximum atomic E-state index is 12.7. The number of carboxylic acids is 1. The monoisotopic (exact) mass is 675 g/mol. The molecule has 0 aliphatic heterocycles. The van der Waals surface area contributed by atoms with Crippen LogP contribution in [-0.2, 0) is 14.3 Å². The highest BCUT2D eigenvalue weighted by Crippen LogP contribution is 2.18. The van der Waals surface area contributed by atoms with Crippen LogP contribution in [0.5, 0.6) is 0 Å². The van der Waals surface area contributed by atoms with Gasteiger partial charge in [0.1, 0.15) is 6.10 Å². The Bertz CT molecular complexity index is 727. The minimum Gasteiger partial charge on any atom is -0.481 e. The van der Waals surface area contributed by atoms with E-state index >= 15 is 0 Å². The second-order valence-electron chi connectivity index (χ2n) is 14.5. The summed E-state index contributed by atoms with van der Waals surface area (Å²) >= 11 is 0. The number of hydrogen-bond donors (Lipinski definition) is 1. The molecule has 0 aliphatic rings. The van der Waals surface area contributed by atoms with Gasteiger partial charge in [0, 0.05) is 12.8 Å². The van der Waals surface area contributed by atoms with Crippen molar-refractivity contribution in [3.05, 3.63) is 24.3 Å². The normalized spacial score (nSPS) is 12.4. The van der Waals surface area contributed by atoms with Gasteiger partial charge in [-0.15, -0.1) is 0 Å². The number of ether oxygens (including phenoxy) is 1. The topological polar surface area (TPSA) is 63.6 Å².